The molecule has 20 heavy (non-hydrogen) atoms. The molecule has 4 nitrogen and oxygen atoms in total. The average molecular weight is 268 g/mol. The van der Waals surface area contributed by atoms with Crippen LogP contribution in [0.1, 0.15) is 22.5 Å². The second kappa shape index (κ2) is 4.42. The molecule has 0 aliphatic carbocycles. The summed E-state index contributed by atoms with van der Waals surface area (Å²) in [4.78, 5) is 16.5. The molecule has 2 aromatic rings. The molecule has 0 saturated carbocycles. The number of hydrogen-bond donors (Lipinski definition) is 2. The molecule has 3 rings (SSSR count). The molecule has 0 spiro atoms. The van der Waals surface area contributed by atoms with E-state index in [1.165, 1.54) is 0 Å². The summed E-state index contributed by atoms with van der Waals surface area (Å²) in [5.74, 6) is -0.388. The lowest BCUT2D eigenvalue weighted by Crippen LogP contribution is -2.36. The van der Waals surface area contributed by atoms with Crippen LogP contribution in [0.3, 0.4) is 0 Å². The largest absolute Gasteiger partial charge is 0.375 e. The summed E-state index contributed by atoms with van der Waals surface area (Å²) < 4.78 is 0. The Morgan fingerprint density at radius 1 is 1.25 bits per heavy atom. The number of nitrogens with zero attached hydrogens (tertiary/aromatic N) is 1. The lowest BCUT2D eigenvalue weighted by Gasteiger charge is -2.20. The van der Waals surface area contributed by atoms with Gasteiger partial charge in [0, 0.05) is 29.1 Å². The number of aryl methyl sites for hydroxylation is 2. The van der Waals surface area contributed by atoms with Gasteiger partial charge in [0.1, 0.15) is 0 Å². The summed E-state index contributed by atoms with van der Waals surface area (Å²) in [5, 5.41) is 13.6. The molecule has 0 saturated heterocycles. The number of rotatable bonds is 2. The summed E-state index contributed by atoms with van der Waals surface area (Å²) in [6, 6.07) is 11.2. The SMILES string of the molecule is Cc1ccc2c(c1)C(O)(Cc1cccc(C)n1)C(=O)N2. The number of amides is 1. The molecule has 0 bridgehead atoms. The van der Waals surface area contributed by atoms with Crippen LogP contribution in [0.25, 0.3) is 0 Å². The molecule has 102 valence electrons. The molecule has 1 aromatic heterocycles. The van der Waals surface area contributed by atoms with E-state index in [1.54, 1.807) is 0 Å². The van der Waals surface area contributed by atoms with Gasteiger partial charge in [-0.2, -0.15) is 0 Å². The molecule has 2 heterocycles. The first-order chi connectivity index (χ1) is 9.49. The predicted molar refractivity (Wildman–Crippen MR) is 76.4 cm³/mol. The summed E-state index contributed by atoms with van der Waals surface area (Å²) in [7, 11) is 0. The Morgan fingerprint density at radius 2 is 2.05 bits per heavy atom. The second-order valence-electron chi connectivity index (χ2n) is 5.31. The van der Waals surface area contributed by atoms with E-state index in [-0.39, 0.29) is 12.3 Å². The van der Waals surface area contributed by atoms with Crippen molar-refractivity contribution in [2.45, 2.75) is 25.9 Å². The number of nitrogens with one attached hydrogen (secondary N) is 1. The molecular weight excluding hydrogens is 252 g/mol. The molecule has 1 aliphatic rings. The van der Waals surface area contributed by atoms with Crippen LogP contribution in [0.4, 0.5) is 5.69 Å². The number of aromatic nitrogens is 1. The number of fused-ring (bicyclic) bond motifs is 1. The first-order valence-electron chi connectivity index (χ1n) is 6.56. The van der Waals surface area contributed by atoms with E-state index in [1.807, 2.05) is 50.2 Å². The minimum Gasteiger partial charge on any atom is -0.375 e. The van der Waals surface area contributed by atoms with Crippen molar-refractivity contribution in [2.24, 2.45) is 0 Å². The molecule has 1 aromatic carbocycles. The van der Waals surface area contributed by atoms with Gasteiger partial charge in [-0.1, -0.05) is 23.8 Å². The Kier molecular flexibility index (Phi) is 2.83. The normalized spacial score (nSPS) is 20.6. The maximum absolute atomic E-state index is 12.2. The molecule has 0 radical (unpaired) electrons. The van der Waals surface area contributed by atoms with Crippen LogP contribution in [0.2, 0.25) is 0 Å². The van der Waals surface area contributed by atoms with Crippen LogP contribution in [0.15, 0.2) is 36.4 Å². The van der Waals surface area contributed by atoms with Gasteiger partial charge in [-0.3, -0.25) is 9.78 Å². The monoisotopic (exact) mass is 268 g/mol. The van der Waals surface area contributed by atoms with Crippen molar-refractivity contribution in [3.05, 3.63) is 58.9 Å². The molecular formula is C16H16N2O2. The average Bonchev–Trinajstić information content (AvgIpc) is 2.62. The van der Waals surface area contributed by atoms with Crippen LogP contribution in [-0.4, -0.2) is 16.0 Å². The van der Waals surface area contributed by atoms with E-state index in [0.29, 0.717) is 16.9 Å². The number of aliphatic hydroxyl groups is 1. The summed E-state index contributed by atoms with van der Waals surface area (Å²) in [5.41, 5.74) is 2.35. The minimum absolute atomic E-state index is 0.178. The molecule has 1 unspecified atom stereocenters. The van der Waals surface area contributed by atoms with Gasteiger partial charge in [0.15, 0.2) is 5.60 Å². The summed E-state index contributed by atoms with van der Waals surface area (Å²) >= 11 is 0. The third kappa shape index (κ3) is 1.98. The lowest BCUT2D eigenvalue weighted by atomic mass is 9.89. The van der Waals surface area contributed by atoms with E-state index in [2.05, 4.69) is 10.3 Å². The minimum atomic E-state index is -1.54. The van der Waals surface area contributed by atoms with E-state index >= 15 is 0 Å². The first-order valence-corrected chi connectivity index (χ1v) is 6.56. The Hall–Kier alpha value is -2.20. The van der Waals surface area contributed by atoms with Gasteiger partial charge in [0.2, 0.25) is 0 Å². The molecule has 1 aliphatic heterocycles. The molecule has 1 amide bonds. The van der Waals surface area contributed by atoms with Gasteiger partial charge >= 0.3 is 0 Å². The highest BCUT2D eigenvalue weighted by Gasteiger charge is 2.45. The van der Waals surface area contributed by atoms with Gasteiger partial charge in [-0.15, -0.1) is 0 Å². The van der Waals surface area contributed by atoms with Gasteiger partial charge in [-0.25, -0.2) is 0 Å². The van der Waals surface area contributed by atoms with Crippen LogP contribution in [0.5, 0.6) is 0 Å². The van der Waals surface area contributed by atoms with Crippen molar-refractivity contribution in [1.29, 1.82) is 0 Å². The van der Waals surface area contributed by atoms with Crippen LogP contribution in [0, 0.1) is 13.8 Å². The van der Waals surface area contributed by atoms with Crippen LogP contribution >= 0.6 is 0 Å². The van der Waals surface area contributed by atoms with E-state index in [0.717, 1.165) is 11.3 Å². The van der Waals surface area contributed by atoms with Gasteiger partial charge < -0.3 is 10.4 Å². The highest BCUT2D eigenvalue weighted by molar-refractivity contribution is 6.05. The number of anilines is 1. The zero-order valence-electron chi connectivity index (χ0n) is 11.5. The highest BCUT2D eigenvalue weighted by Crippen LogP contribution is 2.38. The fourth-order valence-electron chi connectivity index (χ4n) is 2.59. The number of hydrogen-bond acceptors (Lipinski definition) is 3. The second-order valence-corrected chi connectivity index (χ2v) is 5.31. The Bertz CT molecular complexity index is 697. The number of carbonyl (C=O) groups is 1. The topological polar surface area (TPSA) is 62.2 Å². The van der Waals surface area contributed by atoms with E-state index in [4.69, 9.17) is 0 Å². The Balaban J connectivity index is 2.04. The van der Waals surface area contributed by atoms with Gasteiger partial charge in [0.25, 0.3) is 5.91 Å². The Morgan fingerprint density at radius 3 is 2.80 bits per heavy atom. The van der Waals surface area contributed by atoms with Crippen molar-refractivity contribution in [2.75, 3.05) is 5.32 Å². The third-order valence-corrected chi connectivity index (χ3v) is 3.63. The zero-order valence-corrected chi connectivity index (χ0v) is 11.5. The molecule has 2 N–H and O–H groups in total. The quantitative estimate of drug-likeness (QED) is 0.876. The van der Waals surface area contributed by atoms with E-state index < -0.39 is 5.60 Å². The lowest BCUT2D eigenvalue weighted by molar-refractivity contribution is -0.133. The smallest absolute Gasteiger partial charge is 0.261 e. The van der Waals surface area contributed by atoms with Crippen molar-refractivity contribution >= 4 is 11.6 Å². The van der Waals surface area contributed by atoms with Gasteiger partial charge in [0.05, 0.1) is 0 Å². The van der Waals surface area contributed by atoms with Crippen molar-refractivity contribution in [1.82, 2.24) is 4.98 Å². The molecule has 1 atom stereocenters. The molecule has 4 heteroatoms. The summed E-state index contributed by atoms with van der Waals surface area (Å²) in [6.07, 6.45) is 0.178. The van der Waals surface area contributed by atoms with Crippen LogP contribution in [-0.2, 0) is 16.8 Å². The third-order valence-electron chi connectivity index (χ3n) is 3.63. The van der Waals surface area contributed by atoms with E-state index in [9.17, 15) is 9.90 Å². The Labute approximate surface area is 117 Å². The van der Waals surface area contributed by atoms with Gasteiger partial charge in [-0.05, 0) is 32.0 Å². The summed E-state index contributed by atoms with van der Waals surface area (Å²) in [6.45, 7) is 3.83. The first kappa shape index (κ1) is 12.8. The predicted octanol–water partition coefficient (Wildman–Crippen LogP) is 2.08. The van der Waals surface area contributed by atoms with Crippen molar-refractivity contribution < 1.29 is 9.90 Å². The van der Waals surface area contributed by atoms with Crippen LogP contribution < -0.4 is 5.32 Å². The fraction of sp³-hybridized carbons (Fsp3) is 0.250. The number of carbonyl (C=O) groups excluding carboxylic acids is 1. The van der Waals surface area contributed by atoms with Crippen molar-refractivity contribution in [3.8, 4) is 0 Å². The maximum Gasteiger partial charge on any atom is 0.261 e. The fourth-order valence-corrected chi connectivity index (χ4v) is 2.59. The number of benzene rings is 1. The standard InChI is InChI=1S/C16H16N2O2/c1-10-6-7-14-13(8-10)16(20,15(19)18-14)9-12-5-3-4-11(2)17-12/h3-8,20H,9H2,1-2H3,(H,18,19). The maximum atomic E-state index is 12.2. The highest BCUT2D eigenvalue weighted by atomic mass is 16.3. The molecule has 0 fully saturated rings. The number of pyridine rings is 1. The zero-order chi connectivity index (χ0) is 14.3. The van der Waals surface area contributed by atoms with Crippen molar-refractivity contribution in [3.63, 3.8) is 0 Å².